The minimum absolute atomic E-state index is 0.0309. The van der Waals surface area contributed by atoms with Crippen LogP contribution in [0.25, 0.3) is 22.2 Å². The van der Waals surface area contributed by atoms with Crippen LogP contribution < -0.4 is 15.0 Å². The van der Waals surface area contributed by atoms with E-state index >= 15 is 0 Å². The van der Waals surface area contributed by atoms with Crippen molar-refractivity contribution in [3.8, 4) is 22.8 Å². The summed E-state index contributed by atoms with van der Waals surface area (Å²) < 4.78 is 59.1. The van der Waals surface area contributed by atoms with E-state index < -0.39 is 22.8 Å². The van der Waals surface area contributed by atoms with Crippen LogP contribution in [0.15, 0.2) is 29.2 Å². The third-order valence-corrected chi connectivity index (χ3v) is 11.3. The zero-order chi connectivity index (χ0) is 33.6. The first kappa shape index (κ1) is 36.3. The van der Waals surface area contributed by atoms with E-state index in [1.165, 1.54) is 10.7 Å². The van der Waals surface area contributed by atoms with Gasteiger partial charge in [-0.1, -0.05) is 46.2 Å². The second-order valence-corrected chi connectivity index (χ2v) is 25.8. The van der Waals surface area contributed by atoms with E-state index in [9.17, 15) is 13.6 Å². The van der Waals surface area contributed by atoms with Crippen LogP contribution in [0.1, 0.15) is 38.7 Å². The molecule has 46 heavy (non-hydrogen) atoms. The van der Waals surface area contributed by atoms with Crippen molar-refractivity contribution < 1.29 is 32.5 Å². The Morgan fingerprint density at radius 2 is 1.63 bits per heavy atom. The Balaban J connectivity index is 1.85. The van der Waals surface area contributed by atoms with Gasteiger partial charge in [0.1, 0.15) is 13.5 Å². The molecule has 3 aromatic rings. The van der Waals surface area contributed by atoms with E-state index in [4.69, 9.17) is 23.7 Å². The van der Waals surface area contributed by atoms with Crippen LogP contribution >= 0.6 is 0 Å². The van der Waals surface area contributed by atoms with Crippen molar-refractivity contribution in [1.29, 1.82) is 0 Å². The minimum Gasteiger partial charge on any atom is -0.487 e. The number of aromatic nitrogens is 3. The molecule has 0 saturated heterocycles. The first-order chi connectivity index (χ1) is 21.7. The highest BCUT2D eigenvalue weighted by molar-refractivity contribution is 6.76. The van der Waals surface area contributed by atoms with Gasteiger partial charge in [0.2, 0.25) is 0 Å². The van der Waals surface area contributed by atoms with E-state index in [0.29, 0.717) is 40.9 Å². The average molecular weight is 680 g/mol. The molecule has 0 radical (unpaired) electrons. The summed E-state index contributed by atoms with van der Waals surface area (Å²) in [5, 5.41) is 4.96. The van der Waals surface area contributed by atoms with Crippen LogP contribution in [0.4, 0.5) is 8.78 Å². The molecular weight excluding hydrogens is 629 g/mol. The number of halogens is 2. The highest BCUT2D eigenvalue weighted by Gasteiger charge is 2.28. The summed E-state index contributed by atoms with van der Waals surface area (Å²) in [5.74, 6) is 0.202. The van der Waals surface area contributed by atoms with E-state index in [0.717, 1.165) is 31.4 Å². The van der Waals surface area contributed by atoms with Gasteiger partial charge in [-0.05, 0) is 56.5 Å². The maximum atomic E-state index is 14.1. The fourth-order valence-corrected chi connectivity index (χ4v) is 6.29. The van der Waals surface area contributed by atoms with Crippen LogP contribution in [0.3, 0.4) is 0 Å². The Hall–Kier alpha value is -2.59. The van der Waals surface area contributed by atoms with Crippen molar-refractivity contribution in [1.82, 2.24) is 14.3 Å². The van der Waals surface area contributed by atoms with E-state index in [-0.39, 0.29) is 49.3 Å². The highest BCUT2D eigenvalue weighted by Crippen LogP contribution is 2.40. The molecule has 1 aromatic carbocycles. The zero-order valence-electron chi connectivity index (χ0n) is 28.7. The predicted octanol–water partition coefficient (Wildman–Crippen LogP) is 7.95. The Kier molecular flexibility index (Phi) is 12.2. The van der Waals surface area contributed by atoms with Gasteiger partial charge in [-0.15, -0.1) is 0 Å². The predicted molar refractivity (Wildman–Crippen MR) is 182 cm³/mol. The number of fused-ring (bicyclic) bond motifs is 1. The van der Waals surface area contributed by atoms with Gasteiger partial charge in [0.15, 0.2) is 11.5 Å². The molecule has 1 aliphatic carbocycles. The molecule has 1 fully saturated rings. The summed E-state index contributed by atoms with van der Waals surface area (Å²) >= 11 is 0. The molecule has 256 valence electrons. The molecule has 13 heteroatoms. The first-order valence-electron chi connectivity index (χ1n) is 16.3. The number of benzene rings is 1. The molecule has 1 aliphatic rings. The molecular formula is C33H51F2N3O6Si2. The fourth-order valence-electron chi connectivity index (χ4n) is 4.78. The van der Waals surface area contributed by atoms with Gasteiger partial charge in [0.25, 0.3) is 5.56 Å². The van der Waals surface area contributed by atoms with Gasteiger partial charge in [-0.25, -0.2) is 4.68 Å². The molecule has 9 nitrogen and oxygen atoms in total. The monoisotopic (exact) mass is 679 g/mol. The Morgan fingerprint density at radius 3 is 2.22 bits per heavy atom. The fraction of sp³-hybridized carbons (Fsp3) is 0.636. The Bertz CT molecular complexity index is 1510. The second kappa shape index (κ2) is 15.5. The minimum atomic E-state index is -2.99. The number of rotatable bonds is 19. The van der Waals surface area contributed by atoms with Crippen LogP contribution in [-0.4, -0.2) is 62.5 Å². The third-order valence-electron chi connectivity index (χ3n) is 7.94. The van der Waals surface area contributed by atoms with Crippen molar-refractivity contribution in [2.24, 2.45) is 0 Å². The quantitative estimate of drug-likeness (QED) is 0.0939. The second-order valence-electron chi connectivity index (χ2n) is 14.5. The summed E-state index contributed by atoms with van der Waals surface area (Å²) in [4.78, 5) is 14.1. The number of hydrogen-bond donors (Lipinski definition) is 0. The summed E-state index contributed by atoms with van der Waals surface area (Å²) in [6.07, 6.45) is 4.07. The molecule has 2 heterocycles. The van der Waals surface area contributed by atoms with Crippen LogP contribution in [0.2, 0.25) is 51.4 Å². The van der Waals surface area contributed by atoms with Gasteiger partial charge in [-0.2, -0.15) is 13.9 Å². The lowest BCUT2D eigenvalue weighted by molar-refractivity contribution is -0.0516. The molecule has 2 aromatic heterocycles. The van der Waals surface area contributed by atoms with Gasteiger partial charge in [0.05, 0.1) is 41.6 Å². The lowest BCUT2D eigenvalue weighted by Gasteiger charge is -2.18. The largest absolute Gasteiger partial charge is 0.487 e. The summed E-state index contributed by atoms with van der Waals surface area (Å²) in [7, 11) is -2.66. The third kappa shape index (κ3) is 10.2. The molecule has 0 spiro atoms. The van der Waals surface area contributed by atoms with Crippen LogP contribution in [-0.2, 0) is 34.3 Å². The number of alkyl halides is 2. The highest BCUT2D eigenvalue weighted by atomic mass is 28.3. The van der Waals surface area contributed by atoms with Gasteiger partial charge in [-0.3, -0.25) is 4.79 Å². The number of nitrogens with zero attached hydrogens (tertiary/aromatic N) is 3. The zero-order valence-corrected chi connectivity index (χ0v) is 30.7. The smallest absolute Gasteiger partial charge is 0.387 e. The van der Waals surface area contributed by atoms with E-state index in [1.807, 2.05) is 18.4 Å². The normalized spacial score (nSPS) is 14.8. The SMILES string of the molecule is CCC(C)OCc1c(-c2ccc(OC(F)F)c(OC3CC3)c2)n(COCC[Si](C)(C)C)c2cnn(COCC[Si](C)(C)C)c(=O)c12. The summed E-state index contributed by atoms with van der Waals surface area (Å²) in [5.41, 5.74) is 2.34. The topological polar surface area (TPSA) is 86.0 Å². The van der Waals surface area contributed by atoms with Crippen LogP contribution in [0.5, 0.6) is 11.5 Å². The summed E-state index contributed by atoms with van der Waals surface area (Å²) in [6.45, 7) is 16.2. The van der Waals surface area contributed by atoms with E-state index in [1.54, 1.807) is 18.3 Å². The molecule has 0 aliphatic heterocycles. The molecule has 0 N–H and O–H groups in total. The maximum absolute atomic E-state index is 14.1. The van der Waals surface area contributed by atoms with Gasteiger partial charge >= 0.3 is 6.61 Å². The Morgan fingerprint density at radius 1 is 0.978 bits per heavy atom. The van der Waals surface area contributed by atoms with E-state index in [2.05, 4.69) is 44.4 Å². The molecule has 0 amide bonds. The molecule has 4 rings (SSSR count). The van der Waals surface area contributed by atoms with Gasteiger partial charge in [0, 0.05) is 40.5 Å². The first-order valence-corrected chi connectivity index (χ1v) is 23.7. The lowest BCUT2D eigenvalue weighted by Crippen LogP contribution is -2.26. The Labute approximate surface area is 273 Å². The lowest BCUT2D eigenvalue weighted by atomic mass is 10.1. The van der Waals surface area contributed by atoms with Crippen LogP contribution in [0, 0.1) is 0 Å². The molecule has 1 atom stereocenters. The van der Waals surface area contributed by atoms with Gasteiger partial charge < -0.3 is 28.3 Å². The molecule has 0 bridgehead atoms. The average Bonchev–Trinajstić information content (AvgIpc) is 3.73. The van der Waals surface area contributed by atoms with Crippen molar-refractivity contribution in [2.45, 2.75) is 123 Å². The maximum Gasteiger partial charge on any atom is 0.387 e. The summed E-state index contributed by atoms with van der Waals surface area (Å²) in [6, 6.07) is 6.87. The number of ether oxygens (including phenoxy) is 5. The van der Waals surface area contributed by atoms with Crippen molar-refractivity contribution >= 4 is 27.1 Å². The van der Waals surface area contributed by atoms with Crippen molar-refractivity contribution in [3.05, 3.63) is 40.3 Å². The number of hydrogen-bond acceptors (Lipinski definition) is 7. The standard InChI is InChI=1S/C33H51F2N3O6Si2/c1-9-23(2)42-20-26-30-27(19-36-38(32(30)39)22-41-15-17-46(6,7)8)37(21-40-14-16-45(3,4)5)31(26)24-10-13-28(44-33(34)35)29(18-24)43-25-11-12-25/h10,13,18-19,23,25,33H,9,11-12,14-17,20-22H2,1-8H3. The molecule has 1 saturated carbocycles. The molecule has 1 unspecified atom stereocenters. The van der Waals surface area contributed by atoms with Crippen molar-refractivity contribution in [3.63, 3.8) is 0 Å². The van der Waals surface area contributed by atoms with Crippen molar-refractivity contribution in [2.75, 3.05) is 13.2 Å².